The van der Waals surface area contributed by atoms with Crippen molar-refractivity contribution < 1.29 is 4.79 Å². The summed E-state index contributed by atoms with van der Waals surface area (Å²) in [5, 5.41) is 0. The number of carbonyl (C=O) groups excluding carboxylic acids is 1. The van der Waals surface area contributed by atoms with E-state index in [-0.39, 0.29) is 11.9 Å². The van der Waals surface area contributed by atoms with E-state index >= 15 is 0 Å². The Bertz CT molecular complexity index is 422. The maximum atomic E-state index is 12.4. The molecule has 17 heavy (non-hydrogen) atoms. The lowest BCUT2D eigenvalue weighted by Gasteiger charge is -2.31. The van der Waals surface area contributed by atoms with E-state index in [9.17, 15) is 4.79 Å². The topological polar surface area (TPSA) is 51.3 Å². The van der Waals surface area contributed by atoms with Gasteiger partial charge >= 0.3 is 0 Å². The van der Waals surface area contributed by atoms with Crippen molar-refractivity contribution in [1.82, 2.24) is 9.47 Å². The van der Waals surface area contributed by atoms with Gasteiger partial charge < -0.3 is 15.2 Å². The Morgan fingerprint density at radius 1 is 1.35 bits per heavy atom. The van der Waals surface area contributed by atoms with Crippen LogP contribution in [0.25, 0.3) is 0 Å². The summed E-state index contributed by atoms with van der Waals surface area (Å²) < 4.78 is 2.13. The predicted molar refractivity (Wildman–Crippen MR) is 65.8 cm³/mol. The molecule has 92 valence electrons. The number of rotatable bonds is 2. The highest BCUT2D eigenvalue weighted by molar-refractivity contribution is 5.93. The molecule has 0 aromatic carbocycles. The Labute approximate surface area is 101 Å². The van der Waals surface area contributed by atoms with Crippen molar-refractivity contribution in [3.63, 3.8) is 0 Å². The molecule has 0 bridgehead atoms. The molecule has 4 nitrogen and oxygen atoms in total. The van der Waals surface area contributed by atoms with Crippen LogP contribution in [0.5, 0.6) is 0 Å². The number of nitrogens with zero attached hydrogens (tertiary/aromatic N) is 2. The van der Waals surface area contributed by atoms with Gasteiger partial charge in [-0.25, -0.2) is 0 Å². The molecule has 2 N–H and O–H groups in total. The number of hydrogen-bond donors (Lipinski definition) is 1. The SMILES string of the molecule is NC1CCCN(C(=O)c2cccn2C2CC2)C1. The average Bonchev–Trinajstić information content (AvgIpc) is 3.06. The van der Waals surface area contributed by atoms with Crippen LogP contribution in [0.3, 0.4) is 0 Å². The minimum absolute atomic E-state index is 0.150. The zero-order chi connectivity index (χ0) is 11.8. The number of piperidine rings is 1. The average molecular weight is 233 g/mol. The van der Waals surface area contributed by atoms with Crippen LogP contribution in [-0.2, 0) is 0 Å². The molecule has 1 amide bonds. The fraction of sp³-hybridized carbons (Fsp3) is 0.615. The standard InChI is InChI=1S/C13H19N3O/c14-10-3-1-7-15(9-10)13(17)12-4-2-8-16(12)11-5-6-11/h2,4,8,10-11H,1,3,5-7,9,14H2. The first kappa shape index (κ1) is 10.8. The first-order chi connectivity index (χ1) is 8.25. The van der Waals surface area contributed by atoms with Crippen molar-refractivity contribution in [1.29, 1.82) is 0 Å². The molecule has 0 radical (unpaired) electrons. The monoisotopic (exact) mass is 233 g/mol. The lowest BCUT2D eigenvalue weighted by Crippen LogP contribution is -2.46. The molecule has 1 aliphatic carbocycles. The van der Waals surface area contributed by atoms with E-state index in [4.69, 9.17) is 5.73 Å². The van der Waals surface area contributed by atoms with E-state index in [1.54, 1.807) is 0 Å². The van der Waals surface area contributed by atoms with Crippen LogP contribution in [0.1, 0.15) is 42.2 Å². The molecule has 1 aliphatic heterocycles. The predicted octanol–water partition coefficient (Wildman–Crippen LogP) is 1.39. The van der Waals surface area contributed by atoms with Crippen LogP contribution in [0.15, 0.2) is 18.3 Å². The molecule has 1 aromatic rings. The summed E-state index contributed by atoms with van der Waals surface area (Å²) in [6, 6.07) is 4.61. The minimum atomic E-state index is 0.150. The third-order valence-electron chi connectivity index (χ3n) is 3.68. The van der Waals surface area contributed by atoms with Gasteiger partial charge in [0, 0.05) is 31.4 Å². The van der Waals surface area contributed by atoms with E-state index in [2.05, 4.69) is 4.57 Å². The maximum absolute atomic E-state index is 12.4. The quantitative estimate of drug-likeness (QED) is 0.839. The Kier molecular flexibility index (Phi) is 2.67. The Balaban J connectivity index is 1.78. The summed E-state index contributed by atoms with van der Waals surface area (Å²) >= 11 is 0. The first-order valence-corrected chi connectivity index (χ1v) is 6.47. The number of nitrogens with two attached hydrogens (primary N) is 1. The summed E-state index contributed by atoms with van der Waals surface area (Å²) in [6.45, 7) is 1.55. The number of hydrogen-bond acceptors (Lipinski definition) is 2. The summed E-state index contributed by atoms with van der Waals surface area (Å²) in [4.78, 5) is 14.3. The molecule has 1 atom stereocenters. The second-order valence-corrected chi connectivity index (χ2v) is 5.19. The lowest BCUT2D eigenvalue weighted by molar-refractivity contribution is 0.0697. The fourth-order valence-electron chi connectivity index (χ4n) is 2.60. The number of amides is 1. The molecule has 3 rings (SSSR count). The van der Waals surface area contributed by atoms with Crippen LogP contribution in [-0.4, -0.2) is 34.5 Å². The van der Waals surface area contributed by atoms with Gasteiger partial charge in [0.15, 0.2) is 0 Å². The van der Waals surface area contributed by atoms with Crippen molar-refractivity contribution in [2.45, 2.75) is 37.8 Å². The maximum Gasteiger partial charge on any atom is 0.270 e. The Morgan fingerprint density at radius 2 is 2.18 bits per heavy atom. The van der Waals surface area contributed by atoms with Gasteiger partial charge in [-0.3, -0.25) is 4.79 Å². The van der Waals surface area contributed by atoms with Gasteiger partial charge in [0.05, 0.1) is 0 Å². The van der Waals surface area contributed by atoms with Gasteiger partial charge in [-0.05, 0) is 37.8 Å². The zero-order valence-corrected chi connectivity index (χ0v) is 10.0. The molecule has 2 fully saturated rings. The van der Waals surface area contributed by atoms with Crippen molar-refractivity contribution in [2.24, 2.45) is 5.73 Å². The second-order valence-electron chi connectivity index (χ2n) is 5.19. The molecule has 1 saturated heterocycles. The highest BCUT2D eigenvalue weighted by atomic mass is 16.2. The normalized spacial score (nSPS) is 25.0. The van der Waals surface area contributed by atoms with Crippen molar-refractivity contribution in [2.75, 3.05) is 13.1 Å². The highest BCUT2D eigenvalue weighted by Crippen LogP contribution is 2.36. The van der Waals surface area contributed by atoms with E-state index < -0.39 is 0 Å². The molecule has 1 saturated carbocycles. The van der Waals surface area contributed by atoms with Gasteiger partial charge in [-0.2, -0.15) is 0 Å². The third-order valence-corrected chi connectivity index (χ3v) is 3.68. The molecule has 4 heteroatoms. The van der Waals surface area contributed by atoms with E-state index in [1.807, 2.05) is 23.2 Å². The van der Waals surface area contributed by atoms with Crippen molar-refractivity contribution in [3.05, 3.63) is 24.0 Å². The van der Waals surface area contributed by atoms with Gasteiger partial charge in [-0.15, -0.1) is 0 Å². The smallest absolute Gasteiger partial charge is 0.270 e. The summed E-state index contributed by atoms with van der Waals surface area (Å²) in [6.07, 6.45) is 6.49. The molecule has 2 heterocycles. The molecular formula is C13H19N3O. The van der Waals surface area contributed by atoms with Gasteiger partial charge in [0.1, 0.15) is 5.69 Å². The van der Waals surface area contributed by atoms with Gasteiger partial charge in [0.25, 0.3) is 5.91 Å². The molecular weight excluding hydrogens is 214 g/mol. The molecule has 1 aromatic heterocycles. The van der Waals surface area contributed by atoms with Crippen molar-refractivity contribution in [3.8, 4) is 0 Å². The number of carbonyl (C=O) groups is 1. The first-order valence-electron chi connectivity index (χ1n) is 6.47. The zero-order valence-electron chi connectivity index (χ0n) is 10.0. The van der Waals surface area contributed by atoms with E-state index in [0.717, 1.165) is 25.1 Å². The van der Waals surface area contributed by atoms with Gasteiger partial charge in [-0.1, -0.05) is 0 Å². The molecule has 2 aliphatic rings. The number of aromatic nitrogens is 1. The second kappa shape index (κ2) is 4.18. The van der Waals surface area contributed by atoms with E-state index in [0.29, 0.717) is 12.6 Å². The summed E-state index contributed by atoms with van der Waals surface area (Å²) in [7, 11) is 0. The third kappa shape index (κ3) is 2.09. The summed E-state index contributed by atoms with van der Waals surface area (Å²) in [5.74, 6) is 0.150. The largest absolute Gasteiger partial charge is 0.340 e. The number of likely N-dealkylation sites (tertiary alicyclic amines) is 1. The van der Waals surface area contributed by atoms with E-state index in [1.165, 1.54) is 12.8 Å². The van der Waals surface area contributed by atoms with Crippen LogP contribution < -0.4 is 5.73 Å². The van der Waals surface area contributed by atoms with Crippen molar-refractivity contribution >= 4 is 5.91 Å². The molecule has 1 unspecified atom stereocenters. The lowest BCUT2D eigenvalue weighted by atomic mass is 10.1. The van der Waals surface area contributed by atoms with Crippen LogP contribution in [0.4, 0.5) is 0 Å². The van der Waals surface area contributed by atoms with Crippen LogP contribution in [0.2, 0.25) is 0 Å². The fourth-order valence-corrected chi connectivity index (χ4v) is 2.60. The van der Waals surface area contributed by atoms with Crippen LogP contribution >= 0.6 is 0 Å². The van der Waals surface area contributed by atoms with Crippen LogP contribution in [0, 0.1) is 0 Å². The molecule has 0 spiro atoms. The Hall–Kier alpha value is -1.29. The summed E-state index contributed by atoms with van der Waals surface area (Å²) in [5.41, 5.74) is 6.76. The Morgan fingerprint density at radius 3 is 2.88 bits per heavy atom. The minimum Gasteiger partial charge on any atom is -0.340 e. The highest BCUT2D eigenvalue weighted by Gasteiger charge is 2.29. The van der Waals surface area contributed by atoms with Gasteiger partial charge in [0.2, 0.25) is 0 Å².